The Labute approximate surface area is 120 Å². The van der Waals surface area contributed by atoms with Crippen molar-refractivity contribution in [3.05, 3.63) is 69.5 Å². The molecule has 0 fully saturated rings. The fourth-order valence-corrected chi connectivity index (χ4v) is 2.48. The van der Waals surface area contributed by atoms with Gasteiger partial charge in [0, 0.05) is 18.9 Å². The van der Waals surface area contributed by atoms with Gasteiger partial charge in [-0.15, -0.1) is 0 Å². The molecular weight excluding hydrogens is 270 g/mol. The van der Waals surface area contributed by atoms with Crippen molar-refractivity contribution in [2.24, 2.45) is 0 Å². The molecule has 0 unspecified atom stereocenters. The Balaban J connectivity index is 2.00. The first-order chi connectivity index (χ1) is 9.75. The monoisotopic (exact) mass is 283 g/mol. The van der Waals surface area contributed by atoms with Gasteiger partial charge in [-0.25, -0.2) is 0 Å². The Morgan fingerprint density at radius 3 is 2.70 bits per heavy atom. The predicted octanol–water partition coefficient (Wildman–Crippen LogP) is 2.70. The molecule has 0 saturated carbocycles. The normalized spacial score (nSPS) is 10.8. The molecule has 2 aromatic heterocycles. The third-order valence-electron chi connectivity index (χ3n) is 3.26. The van der Waals surface area contributed by atoms with E-state index in [2.05, 4.69) is 9.97 Å². The average molecular weight is 283 g/mol. The Kier molecular flexibility index (Phi) is 3.43. The minimum absolute atomic E-state index is 0.0431. The molecule has 5 heteroatoms. The van der Waals surface area contributed by atoms with Gasteiger partial charge in [0.05, 0.1) is 10.9 Å². The first-order valence-electron chi connectivity index (χ1n) is 6.36. The molecule has 0 aliphatic heterocycles. The molecule has 4 nitrogen and oxygen atoms in total. The molecule has 0 saturated heterocycles. The SMILES string of the molecule is O=c1c2ccccc2[nH]c(=S)n1CCc1ccncc1. The third-order valence-corrected chi connectivity index (χ3v) is 3.59. The summed E-state index contributed by atoms with van der Waals surface area (Å²) in [5.41, 5.74) is 1.87. The van der Waals surface area contributed by atoms with Crippen LogP contribution in [0.3, 0.4) is 0 Å². The van der Waals surface area contributed by atoms with Crippen molar-refractivity contribution in [2.75, 3.05) is 0 Å². The van der Waals surface area contributed by atoms with E-state index < -0.39 is 0 Å². The number of nitrogens with zero attached hydrogens (tertiary/aromatic N) is 2. The number of nitrogens with one attached hydrogen (secondary N) is 1. The zero-order chi connectivity index (χ0) is 13.9. The van der Waals surface area contributed by atoms with Crippen LogP contribution in [0.5, 0.6) is 0 Å². The first kappa shape index (κ1) is 12.7. The lowest BCUT2D eigenvalue weighted by Gasteiger charge is -2.08. The molecule has 0 bridgehead atoms. The standard InChI is InChI=1S/C15H13N3OS/c19-14-12-3-1-2-4-13(12)17-15(20)18(14)10-7-11-5-8-16-9-6-11/h1-6,8-9H,7,10H2,(H,17,20). The van der Waals surface area contributed by atoms with Gasteiger partial charge in [0.1, 0.15) is 0 Å². The molecule has 20 heavy (non-hydrogen) atoms. The van der Waals surface area contributed by atoms with Gasteiger partial charge >= 0.3 is 0 Å². The maximum atomic E-state index is 12.4. The second-order valence-corrected chi connectivity index (χ2v) is 4.92. The molecule has 0 atom stereocenters. The number of benzene rings is 1. The van der Waals surface area contributed by atoms with E-state index >= 15 is 0 Å². The van der Waals surface area contributed by atoms with Crippen molar-refractivity contribution in [3.8, 4) is 0 Å². The van der Waals surface area contributed by atoms with E-state index in [1.165, 1.54) is 0 Å². The number of para-hydroxylation sites is 1. The molecule has 3 aromatic rings. The molecule has 1 N–H and O–H groups in total. The molecule has 0 aliphatic rings. The number of hydrogen-bond acceptors (Lipinski definition) is 3. The molecule has 2 heterocycles. The maximum Gasteiger partial charge on any atom is 0.262 e. The summed E-state index contributed by atoms with van der Waals surface area (Å²) in [5.74, 6) is 0. The van der Waals surface area contributed by atoms with Crippen LogP contribution in [0.15, 0.2) is 53.6 Å². The minimum atomic E-state index is -0.0431. The molecular formula is C15H13N3OS. The molecule has 0 spiro atoms. The van der Waals surface area contributed by atoms with E-state index in [4.69, 9.17) is 12.2 Å². The Morgan fingerprint density at radius 2 is 1.90 bits per heavy atom. The van der Waals surface area contributed by atoms with E-state index in [9.17, 15) is 4.79 Å². The molecule has 0 amide bonds. The van der Waals surface area contributed by atoms with Gasteiger partial charge < -0.3 is 4.98 Å². The van der Waals surface area contributed by atoms with Gasteiger partial charge in [-0.1, -0.05) is 12.1 Å². The molecule has 0 radical (unpaired) electrons. The van der Waals surface area contributed by atoms with E-state index in [1.54, 1.807) is 17.0 Å². The highest BCUT2D eigenvalue weighted by atomic mass is 32.1. The Bertz CT molecular complexity index is 852. The summed E-state index contributed by atoms with van der Waals surface area (Å²) >= 11 is 5.28. The summed E-state index contributed by atoms with van der Waals surface area (Å²) in [4.78, 5) is 19.5. The smallest absolute Gasteiger partial charge is 0.262 e. The van der Waals surface area contributed by atoms with E-state index in [0.29, 0.717) is 16.7 Å². The molecule has 3 rings (SSSR count). The van der Waals surface area contributed by atoms with Gasteiger partial charge in [-0.2, -0.15) is 0 Å². The fraction of sp³-hybridized carbons (Fsp3) is 0.133. The fourth-order valence-electron chi connectivity index (χ4n) is 2.19. The van der Waals surface area contributed by atoms with Crippen LogP contribution >= 0.6 is 12.2 Å². The number of aromatic amines is 1. The minimum Gasteiger partial charge on any atom is -0.332 e. The number of H-pyrrole nitrogens is 1. The van der Waals surface area contributed by atoms with Crippen LogP contribution < -0.4 is 5.56 Å². The summed E-state index contributed by atoms with van der Waals surface area (Å²) < 4.78 is 2.07. The van der Waals surface area contributed by atoms with Crippen molar-refractivity contribution in [2.45, 2.75) is 13.0 Å². The Morgan fingerprint density at radius 1 is 1.15 bits per heavy atom. The lowest BCUT2D eigenvalue weighted by Crippen LogP contribution is -2.23. The van der Waals surface area contributed by atoms with Crippen LogP contribution in [-0.4, -0.2) is 14.5 Å². The topological polar surface area (TPSA) is 50.7 Å². The number of pyridine rings is 1. The maximum absolute atomic E-state index is 12.4. The predicted molar refractivity (Wildman–Crippen MR) is 81.3 cm³/mol. The van der Waals surface area contributed by atoms with Crippen LogP contribution in [0.2, 0.25) is 0 Å². The number of aromatic nitrogens is 3. The number of fused-ring (bicyclic) bond motifs is 1. The van der Waals surface area contributed by atoms with Crippen molar-refractivity contribution in [1.82, 2.24) is 14.5 Å². The molecule has 1 aromatic carbocycles. The summed E-state index contributed by atoms with van der Waals surface area (Å²) in [6.07, 6.45) is 4.25. The van der Waals surface area contributed by atoms with Gasteiger partial charge in [0.25, 0.3) is 5.56 Å². The summed E-state index contributed by atoms with van der Waals surface area (Å²) in [5, 5.41) is 0.663. The second kappa shape index (κ2) is 5.38. The van der Waals surface area contributed by atoms with Crippen LogP contribution in [0.25, 0.3) is 10.9 Å². The van der Waals surface area contributed by atoms with Gasteiger partial charge in [-0.05, 0) is 48.5 Å². The van der Waals surface area contributed by atoms with Crippen molar-refractivity contribution in [1.29, 1.82) is 0 Å². The third kappa shape index (κ3) is 2.40. The number of hydrogen-bond donors (Lipinski definition) is 1. The van der Waals surface area contributed by atoms with E-state index in [-0.39, 0.29) is 5.56 Å². The van der Waals surface area contributed by atoms with E-state index in [1.807, 2.05) is 36.4 Å². The Hall–Kier alpha value is -2.27. The molecule has 0 aliphatic carbocycles. The van der Waals surface area contributed by atoms with Crippen LogP contribution in [-0.2, 0) is 13.0 Å². The number of rotatable bonds is 3. The summed E-state index contributed by atoms with van der Waals surface area (Å²) in [7, 11) is 0. The highest BCUT2D eigenvalue weighted by Gasteiger charge is 2.05. The second-order valence-electron chi connectivity index (χ2n) is 4.54. The highest BCUT2D eigenvalue weighted by molar-refractivity contribution is 7.71. The highest BCUT2D eigenvalue weighted by Crippen LogP contribution is 2.07. The van der Waals surface area contributed by atoms with Crippen LogP contribution in [0.1, 0.15) is 5.56 Å². The lowest BCUT2D eigenvalue weighted by atomic mass is 10.2. The van der Waals surface area contributed by atoms with Gasteiger partial charge in [0.2, 0.25) is 0 Å². The lowest BCUT2D eigenvalue weighted by molar-refractivity contribution is 0.652. The first-order valence-corrected chi connectivity index (χ1v) is 6.77. The van der Waals surface area contributed by atoms with Crippen LogP contribution in [0.4, 0.5) is 0 Å². The number of aryl methyl sites for hydroxylation is 1. The van der Waals surface area contributed by atoms with E-state index in [0.717, 1.165) is 17.5 Å². The van der Waals surface area contributed by atoms with Gasteiger partial charge in [-0.3, -0.25) is 14.3 Å². The zero-order valence-electron chi connectivity index (χ0n) is 10.7. The largest absolute Gasteiger partial charge is 0.332 e. The quantitative estimate of drug-likeness (QED) is 0.752. The summed E-state index contributed by atoms with van der Waals surface area (Å²) in [6.45, 7) is 0.559. The van der Waals surface area contributed by atoms with Crippen molar-refractivity contribution < 1.29 is 0 Å². The summed E-state index contributed by atoms with van der Waals surface area (Å²) in [6, 6.07) is 11.3. The van der Waals surface area contributed by atoms with Crippen molar-refractivity contribution >= 4 is 23.1 Å². The van der Waals surface area contributed by atoms with Crippen LogP contribution in [0, 0.1) is 4.77 Å². The zero-order valence-corrected chi connectivity index (χ0v) is 11.6. The van der Waals surface area contributed by atoms with Crippen molar-refractivity contribution in [3.63, 3.8) is 0 Å². The van der Waals surface area contributed by atoms with Gasteiger partial charge in [0.15, 0.2) is 4.77 Å². The molecule has 100 valence electrons. The average Bonchev–Trinajstić information content (AvgIpc) is 2.48.